The van der Waals surface area contributed by atoms with Crippen LogP contribution in [0, 0.1) is 0 Å². The lowest BCUT2D eigenvalue weighted by Gasteiger charge is -2.38. The standard InChI is InChI=1S/C20H21ClN4O/c1-15(19-22-23-20(26-19)16-6-5-7-17(21)14-16)24-10-12-25(13-11-24)18-8-3-2-4-9-18/h2-9,14-15H,10-13H2,1H3/t15-/m0/s1. The zero-order chi connectivity index (χ0) is 17.9. The molecule has 1 aliphatic rings. The highest BCUT2D eigenvalue weighted by Gasteiger charge is 2.26. The van der Waals surface area contributed by atoms with E-state index in [0.717, 1.165) is 31.7 Å². The Labute approximate surface area is 158 Å². The molecule has 5 nitrogen and oxygen atoms in total. The first-order chi connectivity index (χ1) is 12.7. The third-order valence-electron chi connectivity index (χ3n) is 4.85. The summed E-state index contributed by atoms with van der Waals surface area (Å²) in [5.41, 5.74) is 2.12. The molecule has 3 aromatic rings. The lowest BCUT2D eigenvalue weighted by Crippen LogP contribution is -2.47. The van der Waals surface area contributed by atoms with Crippen LogP contribution in [0.5, 0.6) is 0 Å². The minimum atomic E-state index is 0.0911. The molecule has 1 fully saturated rings. The summed E-state index contributed by atoms with van der Waals surface area (Å²) in [6.45, 7) is 6.02. The van der Waals surface area contributed by atoms with Crippen LogP contribution in [-0.4, -0.2) is 41.3 Å². The van der Waals surface area contributed by atoms with E-state index in [2.05, 4.69) is 57.3 Å². The molecular weight excluding hydrogens is 348 g/mol. The largest absolute Gasteiger partial charge is 0.419 e. The lowest BCUT2D eigenvalue weighted by atomic mass is 10.2. The van der Waals surface area contributed by atoms with Crippen molar-refractivity contribution in [3.05, 3.63) is 65.5 Å². The van der Waals surface area contributed by atoms with Crippen LogP contribution in [0.2, 0.25) is 5.02 Å². The zero-order valence-corrected chi connectivity index (χ0v) is 15.4. The Morgan fingerprint density at radius 1 is 0.962 bits per heavy atom. The van der Waals surface area contributed by atoms with E-state index in [0.29, 0.717) is 16.8 Å². The average Bonchev–Trinajstić information content (AvgIpc) is 3.18. The molecule has 6 heteroatoms. The third kappa shape index (κ3) is 3.59. The maximum atomic E-state index is 6.05. The number of hydrogen-bond acceptors (Lipinski definition) is 5. The topological polar surface area (TPSA) is 45.4 Å². The van der Waals surface area contributed by atoms with Crippen molar-refractivity contribution in [3.8, 4) is 11.5 Å². The molecule has 0 amide bonds. The van der Waals surface area contributed by atoms with E-state index >= 15 is 0 Å². The van der Waals surface area contributed by atoms with Crippen molar-refractivity contribution in [1.29, 1.82) is 0 Å². The normalized spacial score (nSPS) is 16.6. The van der Waals surface area contributed by atoms with Gasteiger partial charge in [0.2, 0.25) is 11.8 Å². The van der Waals surface area contributed by atoms with E-state index in [9.17, 15) is 0 Å². The number of para-hydroxylation sites is 1. The first kappa shape index (κ1) is 17.1. The fraction of sp³-hybridized carbons (Fsp3) is 0.300. The molecule has 1 atom stereocenters. The predicted molar refractivity (Wildman–Crippen MR) is 103 cm³/mol. The van der Waals surface area contributed by atoms with Gasteiger partial charge in [-0.3, -0.25) is 4.90 Å². The van der Waals surface area contributed by atoms with Gasteiger partial charge in [-0.15, -0.1) is 10.2 Å². The Morgan fingerprint density at radius 3 is 2.46 bits per heavy atom. The van der Waals surface area contributed by atoms with Gasteiger partial charge in [0.1, 0.15) is 0 Å². The van der Waals surface area contributed by atoms with Gasteiger partial charge >= 0.3 is 0 Å². The van der Waals surface area contributed by atoms with Crippen LogP contribution in [0.4, 0.5) is 5.69 Å². The summed E-state index contributed by atoms with van der Waals surface area (Å²) in [6.07, 6.45) is 0. The van der Waals surface area contributed by atoms with E-state index in [4.69, 9.17) is 16.0 Å². The molecule has 0 unspecified atom stereocenters. The molecule has 4 rings (SSSR count). The van der Waals surface area contributed by atoms with Gasteiger partial charge in [-0.25, -0.2) is 0 Å². The Kier molecular flexibility index (Phi) is 4.91. The molecule has 134 valence electrons. The number of rotatable bonds is 4. The minimum absolute atomic E-state index is 0.0911. The van der Waals surface area contributed by atoms with E-state index in [1.807, 2.05) is 24.3 Å². The van der Waals surface area contributed by atoms with Gasteiger partial charge in [-0.2, -0.15) is 0 Å². The summed E-state index contributed by atoms with van der Waals surface area (Å²) in [7, 11) is 0. The van der Waals surface area contributed by atoms with E-state index in [1.165, 1.54) is 5.69 Å². The maximum Gasteiger partial charge on any atom is 0.247 e. The van der Waals surface area contributed by atoms with Crippen molar-refractivity contribution in [2.45, 2.75) is 13.0 Å². The van der Waals surface area contributed by atoms with Crippen LogP contribution in [0.1, 0.15) is 18.9 Å². The lowest BCUT2D eigenvalue weighted by molar-refractivity contribution is 0.174. The van der Waals surface area contributed by atoms with Gasteiger partial charge in [-0.1, -0.05) is 35.9 Å². The molecule has 1 aliphatic heterocycles. The van der Waals surface area contributed by atoms with Gasteiger partial charge in [-0.05, 0) is 37.3 Å². The second-order valence-electron chi connectivity index (χ2n) is 6.49. The van der Waals surface area contributed by atoms with Gasteiger partial charge in [0.05, 0.1) is 6.04 Å². The van der Waals surface area contributed by atoms with Crippen molar-refractivity contribution in [3.63, 3.8) is 0 Å². The van der Waals surface area contributed by atoms with Crippen molar-refractivity contribution >= 4 is 17.3 Å². The predicted octanol–water partition coefficient (Wildman–Crippen LogP) is 4.27. The van der Waals surface area contributed by atoms with Crippen LogP contribution >= 0.6 is 11.6 Å². The van der Waals surface area contributed by atoms with Crippen molar-refractivity contribution in [1.82, 2.24) is 15.1 Å². The summed E-state index contributed by atoms with van der Waals surface area (Å²) in [6, 6.07) is 18.1. The SMILES string of the molecule is C[C@@H](c1nnc(-c2cccc(Cl)c2)o1)N1CCN(c2ccccc2)CC1. The molecule has 0 saturated carbocycles. The quantitative estimate of drug-likeness (QED) is 0.688. The Bertz CT molecular complexity index is 859. The summed E-state index contributed by atoms with van der Waals surface area (Å²) in [5.74, 6) is 1.16. The highest BCUT2D eigenvalue weighted by molar-refractivity contribution is 6.30. The molecular formula is C20H21ClN4O. The van der Waals surface area contributed by atoms with Crippen molar-refractivity contribution in [2.24, 2.45) is 0 Å². The van der Waals surface area contributed by atoms with Crippen LogP contribution < -0.4 is 4.90 Å². The average molecular weight is 369 g/mol. The van der Waals surface area contributed by atoms with Gasteiger partial charge in [0, 0.05) is 42.5 Å². The molecule has 0 aliphatic carbocycles. The molecule has 2 aromatic carbocycles. The third-order valence-corrected chi connectivity index (χ3v) is 5.09. The number of aromatic nitrogens is 2. The summed E-state index contributed by atoms with van der Waals surface area (Å²) in [4.78, 5) is 4.79. The molecule has 0 N–H and O–H groups in total. The summed E-state index contributed by atoms with van der Waals surface area (Å²) in [5, 5.41) is 9.11. The van der Waals surface area contributed by atoms with Crippen LogP contribution in [0.25, 0.3) is 11.5 Å². The molecule has 26 heavy (non-hydrogen) atoms. The highest BCUT2D eigenvalue weighted by atomic mass is 35.5. The zero-order valence-electron chi connectivity index (χ0n) is 14.7. The van der Waals surface area contributed by atoms with E-state index < -0.39 is 0 Å². The fourth-order valence-corrected chi connectivity index (χ4v) is 3.49. The smallest absolute Gasteiger partial charge is 0.247 e. The number of hydrogen-bond donors (Lipinski definition) is 0. The van der Waals surface area contributed by atoms with Crippen LogP contribution in [0.3, 0.4) is 0 Å². The second kappa shape index (κ2) is 7.48. The number of halogens is 1. The van der Waals surface area contributed by atoms with Crippen molar-refractivity contribution in [2.75, 3.05) is 31.1 Å². The van der Waals surface area contributed by atoms with E-state index in [1.54, 1.807) is 0 Å². The summed E-state index contributed by atoms with van der Waals surface area (Å²) < 4.78 is 5.92. The number of anilines is 1. The molecule has 0 spiro atoms. The molecule has 0 radical (unpaired) electrons. The first-order valence-electron chi connectivity index (χ1n) is 8.84. The Hall–Kier alpha value is -2.37. The monoisotopic (exact) mass is 368 g/mol. The summed E-state index contributed by atoms with van der Waals surface area (Å²) >= 11 is 6.05. The molecule has 1 aromatic heterocycles. The van der Waals surface area contributed by atoms with Crippen LogP contribution in [0.15, 0.2) is 59.0 Å². The Morgan fingerprint density at radius 2 is 1.73 bits per heavy atom. The number of piperazine rings is 1. The first-order valence-corrected chi connectivity index (χ1v) is 9.22. The Balaban J connectivity index is 1.42. The minimum Gasteiger partial charge on any atom is -0.419 e. The molecule has 2 heterocycles. The number of nitrogens with zero attached hydrogens (tertiary/aromatic N) is 4. The van der Waals surface area contributed by atoms with E-state index in [-0.39, 0.29) is 6.04 Å². The van der Waals surface area contributed by atoms with Gasteiger partial charge in [0.15, 0.2) is 0 Å². The van der Waals surface area contributed by atoms with Gasteiger partial charge < -0.3 is 9.32 Å². The van der Waals surface area contributed by atoms with Crippen molar-refractivity contribution < 1.29 is 4.42 Å². The highest BCUT2D eigenvalue weighted by Crippen LogP contribution is 2.27. The maximum absolute atomic E-state index is 6.05. The second-order valence-corrected chi connectivity index (χ2v) is 6.93. The van der Waals surface area contributed by atoms with Crippen LogP contribution in [-0.2, 0) is 0 Å². The molecule has 0 bridgehead atoms. The molecule has 1 saturated heterocycles. The fourth-order valence-electron chi connectivity index (χ4n) is 3.30. The number of benzene rings is 2. The van der Waals surface area contributed by atoms with Gasteiger partial charge in [0.25, 0.3) is 0 Å².